The second-order valence-corrected chi connectivity index (χ2v) is 5.48. The van der Waals surface area contributed by atoms with E-state index in [1.54, 1.807) is 19.2 Å². The highest BCUT2D eigenvalue weighted by Gasteiger charge is 2.29. The zero-order valence-corrected chi connectivity index (χ0v) is 11.6. The largest absolute Gasteiger partial charge is 0.478 e. The molecule has 2 rings (SSSR count). The lowest BCUT2D eigenvalue weighted by Gasteiger charge is -2.20. The lowest BCUT2D eigenvalue weighted by Crippen LogP contribution is -2.26. The number of anilines is 1. The summed E-state index contributed by atoms with van der Waals surface area (Å²) in [6, 6.07) is 1.56. The van der Waals surface area contributed by atoms with E-state index in [1.807, 2.05) is 4.90 Å². The van der Waals surface area contributed by atoms with Crippen LogP contribution in [-0.2, 0) is 0 Å². The molecule has 1 aliphatic heterocycles. The number of rotatable bonds is 3. The summed E-state index contributed by atoms with van der Waals surface area (Å²) in [4.78, 5) is 17.3. The summed E-state index contributed by atoms with van der Waals surface area (Å²) in [6.07, 6.45) is 2.07. The number of hydrogen-bond acceptors (Lipinski definition) is 4. The van der Waals surface area contributed by atoms with Gasteiger partial charge in [-0.05, 0) is 35.3 Å². The van der Waals surface area contributed by atoms with E-state index in [-0.39, 0.29) is 17.6 Å². The van der Waals surface area contributed by atoms with Crippen molar-refractivity contribution >= 4 is 27.7 Å². The van der Waals surface area contributed by atoms with E-state index < -0.39 is 5.97 Å². The molecule has 2 heterocycles. The summed E-state index contributed by atoms with van der Waals surface area (Å²) in [5.41, 5.74) is 0.190. The van der Waals surface area contributed by atoms with Crippen molar-refractivity contribution < 1.29 is 15.0 Å². The number of pyridine rings is 1. The first-order valence-corrected chi connectivity index (χ1v) is 6.60. The summed E-state index contributed by atoms with van der Waals surface area (Å²) >= 11 is 3.22. The minimum Gasteiger partial charge on any atom is -0.478 e. The summed E-state index contributed by atoms with van der Waals surface area (Å²) in [7, 11) is 0. The van der Waals surface area contributed by atoms with E-state index in [0.29, 0.717) is 16.8 Å². The average Bonchev–Trinajstić information content (AvgIpc) is 2.78. The van der Waals surface area contributed by atoms with Crippen LogP contribution in [0.5, 0.6) is 0 Å². The number of carboxylic acid groups (broad SMARTS) is 1. The molecule has 2 N–H and O–H groups in total. The Morgan fingerprint density at radius 1 is 1.67 bits per heavy atom. The molecule has 0 aliphatic carbocycles. The van der Waals surface area contributed by atoms with Gasteiger partial charge in [-0.1, -0.05) is 0 Å². The monoisotopic (exact) mass is 314 g/mol. The third-order valence-corrected chi connectivity index (χ3v) is 3.70. The van der Waals surface area contributed by atoms with E-state index in [2.05, 4.69) is 20.9 Å². The van der Waals surface area contributed by atoms with Crippen molar-refractivity contribution in [3.8, 4) is 0 Å². The lowest BCUT2D eigenvalue weighted by atomic mass is 10.0. The summed E-state index contributed by atoms with van der Waals surface area (Å²) in [5.74, 6) is -0.328. The third-order valence-electron chi connectivity index (χ3n) is 3.27. The highest BCUT2D eigenvalue weighted by molar-refractivity contribution is 9.10. The molecule has 0 amide bonds. The maximum atomic E-state index is 11.2. The van der Waals surface area contributed by atoms with Gasteiger partial charge in [0, 0.05) is 29.7 Å². The van der Waals surface area contributed by atoms with Gasteiger partial charge in [0.2, 0.25) is 0 Å². The summed E-state index contributed by atoms with van der Waals surface area (Å²) in [5, 5.41) is 18.8. The Morgan fingerprint density at radius 3 is 2.94 bits per heavy atom. The maximum Gasteiger partial charge on any atom is 0.339 e. The van der Waals surface area contributed by atoms with Crippen molar-refractivity contribution in [3.63, 3.8) is 0 Å². The zero-order valence-electron chi connectivity index (χ0n) is 10.0. The minimum absolute atomic E-state index is 0.178. The number of hydrogen-bond donors (Lipinski definition) is 2. The molecule has 0 radical (unpaired) electrons. The van der Waals surface area contributed by atoms with Crippen LogP contribution in [0.25, 0.3) is 0 Å². The number of nitrogens with zero attached hydrogens (tertiary/aromatic N) is 2. The van der Waals surface area contributed by atoms with Crippen LogP contribution in [0, 0.1) is 5.92 Å². The molecule has 0 spiro atoms. The standard InChI is InChI=1S/C12H15BrN2O3/c1-7(16)8-2-3-15(6-8)11-10(12(17)18)4-9(13)5-14-11/h4-5,7-8,16H,2-3,6H2,1H3,(H,17,18). The van der Waals surface area contributed by atoms with Gasteiger partial charge in [0.25, 0.3) is 0 Å². The van der Waals surface area contributed by atoms with Gasteiger partial charge in [-0.2, -0.15) is 0 Å². The first kappa shape index (κ1) is 13.3. The smallest absolute Gasteiger partial charge is 0.339 e. The van der Waals surface area contributed by atoms with E-state index in [1.165, 1.54) is 0 Å². The third kappa shape index (κ3) is 2.64. The Bertz CT molecular complexity index is 465. The van der Waals surface area contributed by atoms with Crippen LogP contribution in [-0.4, -0.2) is 40.4 Å². The lowest BCUT2D eigenvalue weighted by molar-refractivity contribution is 0.0697. The highest BCUT2D eigenvalue weighted by Crippen LogP contribution is 2.28. The van der Waals surface area contributed by atoms with Gasteiger partial charge in [0.1, 0.15) is 11.4 Å². The Hall–Kier alpha value is -1.14. The van der Waals surface area contributed by atoms with Gasteiger partial charge in [0.05, 0.1) is 6.10 Å². The Balaban J connectivity index is 2.27. The number of aliphatic hydroxyl groups is 1. The molecule has 2 atom stereocenters. The second-order valence-electron chi connectivity index (χ2n) is 4.57. The van der Waals surface area contributed by atoms with Gasteiger partial charge in [-0.3, -0.25) is 0 Å². The molecule has 18 heavy (non-hydrogen) atoms. The Morgan fingerprint density at radius 2 is 2.39 bits per heavy atom. The van der Waals surface area contributed by atoms with Crippen molar-refractivity contribution in [2.45, 2.75) is 19.4 Å². The fraction of sp³-hybridized carbons (Fsp3) is 0.500. The molecule has 98 valence electrons. The van der Waals surface area contributed by atoms with E-state index in [4.69, 9.17) is 0 Å². The van der Waals surface area contributed by atoms with Crippen LogP contribution < -0.4 is 4.90 Å². The number of carbonyl (C=O) groups is 1. The predicted molar refractivity (Wildman–Crippen MR) is 70.9 cm³/mol. The van der Waals surface area contributed by atoms with Crippen molar-refractivity contribution in [2.75, 3.05) is 18.0 Å². The summed E-state index contributed by atoms with van der Waals surface area (Å²) in [6.45, 7) is 3.14. The molecule has 2 unspecified atom stereocenters. The fourth-order valence-electron chi connectivity index (χ4n) is 2.21. The quantitative estimate of drug-likeness (QED) is 0.889. The van der Waals surface area contributed by atoms with Crippen LogP contribution in [0.1, 0.15) is 23.7 Å². The predicted octanol–water partition coefficient (Wildman–Crippen LogP) is 1.75. The number of carboxylic acids is 1. The Kier molecular flexibility index (Phi) is 3.87. The fourth-order valence-corrected chi connectivity index (χ4v) is 2.55. The molecule has 0 saturated carbocycles. The van der Waals surface area contributed by atoms with Gasteiger partial charge in [-0.15, -0.1) is 0 Å². The maximum absolute atomic E-state index is 11.2. The molecular formula is C12H15BrN2O3. The number of aromatic nitrogens is 1. The molecule has 6 heteroatoms. The molecule has 0 bridgehead atoms. The van der Waals surface area contributed by atoms with Crippen molar-refractivity contribution in [2.24, 2.45) is 5.92 Å². The summed E-state index contributed by atoms with van der Waals surface area (Å²) < 4.78 is 0.648. The molecular weight excluding hydrogens is 300 g/mol. The van der Waals surface area contributed by atoms with Gasteiger partial charge in [0.15, 0.2) is 0 Å². The molecule has 1 aromatic heterocycles. The topological polar surface area (TPSA) is 73.7 Å². The molecule has 5 nitrogen and oxygen atoms in total. The van der Waals surface area contributed by atoms with E-state index >= 15 is 0 Å². The normalized spacial score (nSPS) is 21.1. The Labute approximate surface area is 114 Å². The number of aliphatic hydroxyl groups excluding tert-OH is 1. The molecule has 1 aromatic rings. The van der Waals surface area contributed by atoms with Gasteiger partial charge < -0.3 is 15.1 Å². The number of halogens is 1. The minimum atomic E-state index is -0.987. The SMILES string of the molecule is CC(O)C1CCN(c2ncc(Br)cc2C(=O)O)C1. The first-order valence-electron chi connectivity index (χ1n) is 5.81. The second kappa shape index (κ2) is 5.24. The van der Waals surface area contributed by atoms with E-state index in [0.717, 1.165) is 13.0 Å². The zero-order chi connectivity index (χ0) is 13.3. The van der Waals surface area contributed by atoms with E-state index in [9.17, 15) is 15.0 Å². The van der Waals surface area contributed by atoms with Crippen molar-refractivity contribution in [1.29, 1.82) is 0 Å². The van der Waals surface area contributed by atoms with Crippen LogP contribution >= 0.6 is 15.9 Å². The number of aromatic carboxylic acids is 1. The van der Waals surface area contributed by atoms with Crippen LogP contribution in [0.2, 0.25) is 0 Å². The van der Waals surface area contributed by atoms with Crippen LogP contribution in [0.15, 0.2) is 16.7 Å². The highest BCUT2D eigenvalue weighted by atomic mass is 79.9. The van der Waals surface area contributed by atoms with Crippen molar-refractivity contribution in [1.82, 2.24) is 4.98 Å². The molecule has 0 aromatic carbocycles. The van der Waals surface area contributed by atoms with Crippen LogP contribution in [0.3, 0.4) is 0 Å². The average molecular weight is 315 g/mol. The molecule has 1 fully saturated rings. The van der Waals surface area contributed by atoms with Crippen molar-refractivity contribution in [3.05, 3.63) is 22.3 Å². The van der Waals surface area contributed by atoms with Gasteiger partial charge >= 0.3 is 5.97 Å². The molecule has 1 saturated heterocycles. The van der Waals surface area contributed by atoms with Crippen LogP contribution in [0.4, 0.5) is 5.82 Å². The first-order chi connectivity index (χ1) is 8.49. The molecule has 1 aliphatic rings. The van der Waals surface area contributed by atoms with Gasteiger partial charge in [-0.25, -0.2) is 9.78 Å².